The molecule has 1 aliphatic heterocycles. The highest BCUT2D eigenvalue weighted by Gasteiger charge is 2.15. The van der Waals surface area contributed by atoms with Gasteiger partial charge in [0.05, 0.1) is 0 Å². The van der Waals surface area contributed by atoms with Gasteiger partial charge in [0.25, 0.3) is 0 Å². The maximum absolute atomic E-state index is 4.19. The van der Waals surface area contributed by atoms with Gasteiger partial charge in [-0.15, -0.1) is 0 Å². The molecule has 1 N–H and O–H groups in total. The van der Waals surface area contributed by atoms with E-state index >= 15 is 0 Å². The van der Waals surface area contributed by atoms with Crippen molar-refractivity contribution in [3.05, 3.63) is 29.8 Å². The van der Waals surface area contributed by atoms with Crippen LogP contribution in [0.15, 0.2) is 24.3 Å². The van der Waals surface area contributed by atoms with E-state index < -0.39 is 0 Å². The molecule has 106 valence electrons. The zero-order valence-electron chi connectivity index (χ0n) is 11.8. The van der Waals surface area contributed by atoms with Gasteiger partial charge >= 0.3 is 0 Å². The van der Waals surface area contributed by atoms with Gasteiger partial charge in [0.1, 0.15) is 0 Å². The molecule has 4 heteroatoms. The summed E-state index contributed by atoms with van der Waals surface area (Å²) in [5.41, 5.74) is 2.70. The topological polar surface area (TPSA) is 18.5 Å². The molecule has 2 rings (SSSR count). The summed E-state index contributed by atoms with van der Waals surface area (Å²) in [6, 6.07) is 8.96. The van der Waals surface area contributed by atoms with E-state index in [0.29, 0.717) is 0 Å². The molecule has 1 aromatic carbocycles. The van der Waals surface area contributed by atoms with Crippen LogP contribution >= 0.6 is 12.6 Å². The molecule has 3 nitrogen and oxygen atoms in total. The number of benzene rings is 1. The summed E-state index contributed by atoms with van der Waals surface area (Å²) >= 11 is 4.19. The molecule has 1 aromatic rings. The molecule has 0 bridgehead atoms. The average Bonchev–Trinajstić information content (AvgIpc) is 2.48. The van der Waals surface area contributed by atoms with Crippen molar-refractivity contribution >= 4 is 18.3 Å². The molecule has 1 heterocycles. The maximum atomic E-state index is 4.19. The molecule has 19 heavy (non-hydrogen) atoms. The van der Waals surface area contributed by atoms with E-state index in [2.05, 4.69) is 58.9 Å². The van der Waals surface area contributed by atoms with E-state index in [4.69, 9.17) is 0 Å². The van der Waals surface area contributed by atoms with Crippen molar-refractivity contribution in [1.82, 2.24) is 10.2 Å². The molecular formula is C15H25N3S. The van der Waals surface area contributed by atoms with Crippen molar-refractivity contribution in [3.63, 3.8) is 0 Å². The molecular weight excluding hydrogens is 254 g/mol. The normalized spacial score (nSPS) is 16.8. The van der Waals surface area contributed by atoms with Gasteiger partial charge in [0.2, 0.25) is 0 Å². The van der Waals surface area contributed by atoms with Gasteiger partial charge in [-0.2, -0.15) is 12.6 Å². The number of hydrogen-bond donors (Lipinski definition) is 2. The minimum Gasteiger partial charge on any atom is -0.369 e. The Bertz CT molecular complexity index is 358. The number of nitrogens with one attached hydrogen (secondary N) is 1. The van der Waals surface area contributed by atoms with Gasteiger partial charge in [0, 0.05) is 50.7 Å². The first-order valence-corrected chi connectivity index (χ1v) is 7.84. The molecule has 0 radical (unpaired) electrons. The van der Waals surface area contributed by atoms with E-state index in [1.54, 1.807) is 0 Å². The SMILES string of the molecule is CCN1CCN(c2ccc(CNCCS)cc2)CC1. The molecule has 1 fully saturated rings. The van der Waals surface area contributed by atoms with Gasteiger partial charge in [-0.05, 0) is 24.2 Å². The van der Waals surface area contributed by atoms with Crippen LogP contribution in [0.1, 0.15) is 12.5 Å². The third kappa shape index (κ3) is 4.41. The zero-order chi connectivity index (χ0) is 13.5. The summed E-state index contributed by atoms with van der Waals surface area (Å²) in [6.07, 6.45) is 0. The second-order valence-electron chi connectivity index (χ2n) is 4.99. The predicted molar refractivity (Wildman–Crippen MR) is 86.3 cm³/mol. The quantitative estimate of drug-likeness (QED) is 0.612. The van der Waals surface area contributed by atoms with Crippen molar-refractivity contribution < 1.29 is 0 Å². The Kier molecular flexibility index (Phi) is 6.01. The number of thiol groups is 1. The van der Waals surface area contributed by atoms with E-state index in [9.17, 15) is 0 Å². The Morgan fingerprint density at radius 3 is 2.37 bits per heavy atom. The maximum Gasteiger partial charge on any atom is 0.0367 e. The Morgan fingerprint density at radius 1 is 1.11 bits per heavy atom. The van der Waals surface area contributed by atoms with E-state index in [0.717, 1.165) is 31.9 Å². The largest absolute Gasteiger partial charge is 0.369 e. The highest BCUT2D eigenvalue weighted by Crippen LogP contribution is 2.17. The fourth-order valence-electron chi connectivity index (χ4n) is 2.46. The summed E-state index contributed by atoms with van der Waals surface area (Å²) in [4.78, 5) is 4.99. The second kappa shape index (κ2) is 7.78. The smallest absolute Gasteiger partial charge is 0.0367 e. The summed E-state index contributed by atoms with van der Waals surface area (Å²) in [5, 5.41) is 3.37. The van der Waals surface area contributed by atoms with Crippen LogP contribution in [0, 0.1) is 0 Å². The van der Waals surface area contributed by atoms with Crippen molar-refractivity contribution in [1.29, 1.82) is 0 Å². The van der Waals surface area contributed by atoms with E-state index in [-0.39, 0.29) is 0 Å². The first-order chi connectivity index (χ1) is 9.33. The summed E-state index contributed by atoms with van der Waals surface area (Å²) in [7, 11) is 0. The van der Waals surface area contributed by atoms with Crippen LogP contribution < -0.4 is 10.2 Å². The summed E-state index contributed by atoms with van der Waals surface area (Å²) in [5.74, 6) is 0.889. The molecule has 0 saturated carbocycles. The minimum absolute atomic E-state index is 0.889. The highest BCUT2D eigenvalue weighted by molar-refractivity contribution is 7.80. The first-order valence-electron chi connectivity index (χ1n) is 7.21. The fourth-order valence-corrected chi connectivity index (χ4v) is 2.62. The number of hydrogen-bond acceptors (Lipinski definition) is 4. The Morgan fingerprint density at radius 2 is 1.79 bits per heavy atom. The Hall–Kier alpha value is -0.710. The van der Waals surface area contributed by atoms with Gasteiger partial charge in [-0.3, -0.25) is 0 Å². The summed E-state index contributed by atoms with van der Waals surface area (Å²) < 4.78 is 0. The van der Waals surface area contributed by atoms with E-state index in [1.807, 2.05) is 0 Å². The van der Waals surface area contributed by atoms with Crippen molar-refractivity contribution in [2.24, 2.45) is 0 Å². The number of piperazine rings is 1. The number of nitrogens with zero attached hydrogens (tertiary/aromatic N) is 2. The lowest BCUT2D eigenvalue weighted by molar-refractivity contribution is 0.271. The first kappa shape index (κ1) is 14.7. The van der Waals surface area contributed by atoms with Crippen LogP contribution in [0.2, 0.25) is 0 Å². The van der Waals surface area contributed by atoms with Gasteiger partial charge < -0.3 is 15.1 Å². The predicted octanol–water partition coefficient (Wildman–Crippen LogP) is 1.85. The molecule has 0 atom stereocenters. The lowest BCUT2D eigenvalue weighted by Gasteiger charge is -2.35. The highest BCUT2D eigenvalue weighted by atomic mass is 32.1. The molecule has 0 spiro atoms. The van der Waals surface area contributed by atoms with Crippen LogP contribution in [0.25, 0.3) is 0 Å². The Labute approximate surface area is 122 Å². The standard InChI is InChI=1S/C15H25N3S/c1-2-17-8-10-18(11-9-17)15-5-3-14(4-6-15)13-16-7-12-19/h3-6,16,19H,2,7-13H2,1H3. The van der Waals surface area contributed by atoms with E-state index in [1.165, 1.54) is 30.9 Å². The zero-order valence-corrected chi connectivity index (χ0v) is 12.7. The lowest BCUT2D eigenvalue weighted by Crippen LogP contribution is -2.46. The summed E-state index contributed by atoms with van der Waals surface area (Å²) in [6.45, 7) is 9.96. The lowest BCUT2D eigenvalue weighted by atomic mass is 10.1. The van der Waals surface area contributed by atoms with Crippen LogP contribution in [0.5, 0.6) is 0 Å². The number of likely N-dealkylation sites (N-methyl/N-ethyl adjacent to an activating group) is 1. The van der Waals surface area contributed by atoms with Gasteiger partial charge in [-0.1, -0.05) is 19.1 Å². The van der Waals surface area contributed by atoms with Crippen molar-refractivity contribution in [2.75, 3.05) is 49.9 Å². The van der Waals surface area contributed by atoms with Gasteiger partial charge in [0.15, 0.2) is 0 Å². The molecule has 1 saturated heterocycles. The molecule has 0 unspecified atom stereocenters. The van der Waals surface area contributed by atoms with Crippen LogP contribution in [-0.4, -0.2) is 49.9 Å². The second-order valence-corrected chi connectivity index (χ2v) is 5.44. The molecule has 1 aliphatic rings. The van der Waals surface area contributed by atoms with Crippen molar-refractivity contribution in [2.45, 2.75) is 13.5 Å². The monoisotopic (exact) mass is 279 g/mol. The third-order valence-electron chi connectivity index (χ3n) is 3.74. The van der Waals surface area contributed by atoms with Crippen LogP contribution in [0.3, 0.4) is 0 Å². The van der Waals surface area contributed by atoms with Gasteiger partial charge in [-0.25, -0.2) is 0 Å². The van der Waals surface area contributed by atoms with Crippen LogP contribution in [-0.2, 0) is 6.54 Å². The van der Waals surface area contributed by atoms with Crippen molar-refractivity contribution in [3.8, 4) is 0 Å². The van der Waals surface area contributed by atoms with Crippen LogP contribution in [0.4, 0.5) is 5.69 Å². The minimum atomic E-state index is 0.889. The fraction of sp³-hybridized carbons (Fsp3) is 0.600. The number of anilines is 1. The number of rotatable bonds is 6. The average molecular weight is 279 g/mol. The third-order valence-corrected chi connectivity index (χ3v) is 3.96. The Balaban J connectivity index is 1.84. The molecule has 0 amide bonds. The molecule has 0 aliphatic carbocycles. The molecule has 0 aromatic heterocycles.